The molecule has 0 saturated heterocycles. The van der Waals surface area contributed by atoms with E-state index in [0.29, 0.717) is 5.92 Å². The minimum Gasteiger partial charge on any atom is -0.493 e. The first-order valence-electron chi connectivity index (χ1n) is 5.99. The minimum atomic E-state index is 0.544. The van der Waals surface area contributed by atoms with Crippen LogP contribution in [-0.2, 0) is 0 Å². The molecule has 0 aliphatic heterocycles. The van der Waals surface area contributed by atoms with Crippen molar-refractivity contribution in [2.24, 2.45) is 5.92 Å². The summed E-state index contributed by atoms with van der Waals surface area (Å²) in [6.45, 7) is 5.33. The molecule has 0 amide bonds. The largest absolute Gasteiger partial charge is 0.493 e. The average molecular weight is 204 g/mol. The summed E-state index contributed by atoms with van der Waals surface area (Å²) in [4.78, 5) is 0. The van der Waals surface area contributed by atoms with Crippen molar-refractivity contribution in [3.05, 3.63) is 29.8 Å². The van der Waals surface area contributed by atoms with E-state index in [0.717, 1.165) is 18.3 Å². The molecule has 0 spiro atoms. The van der Waals surface area contributed by atoms with E-state index in [2.05, 4.69) is 38.1 Å². The van der Waals surface area contributed by atoms with E-state index >= 15 is 0 Å². The zero-order chi connectivity index (χ0) is 10.7. The minimum absolute atomic E-state index is 0.544. The van der Waals surface area contributed by atoms with Gasteiger partial charge in [-0.25, -0.2) is 0 Å². The van der Waals surface area contributed by atoms with Gasteiger partial charge in [0.15, 0.2) is 0 Å². The molecule has 1 aromatic carbocycles. The summed E-state index contributed by atoms with van der Waals surface area (Å²) in [6, 6.07) is 8.41. The van der Waals surface area contributed by atoms with Crippen molar-refractivity contribution in [3.63, 3.8) is 0 Å². The normalized spacial score (nSPS) is 16.5. The highest BCUT2D eigenvalue weighted by atomic mass is 16.5. The van der Waals surface area contributed by atoms with Crippen LogP contribution >= 0.6 is 0 Å². The molecular weight excluding hydrogens is 184 g/mol. The number of rotatable bonds is 4. The van der Waals surface area contributed by atoms with Crippen LogP contribution in [0.25, 0.3) is 0 Å². The van der Waals surface area contributed by atoms with Gasteiger partial charge in [-0.05, 0) is 36.3 Å². The van der Waals surface area contributed by atoms with Gasteiger partial charge in [0.25, 0.3) is 0 Å². The average Bonchev–Trinajstić information content (AvgIpc) is 2.16. The molecule has 1 aliphatic carbocycles. The number of ether oxygens (including phenoxy) is 1. The summed E-state index contributed by atoms with van der Waals surface area (Å²) in [5, 5.41) is 0. The predicted molar refractivity (Wildman–Crippen MR) is 63.4 cm³/mol. The van der Waals surface area contributed by atoms with Crippen molar-refractivity contribution in [1.29, 1.82) is 0 Å². The Bertz CT molecular complexity index is 313. The molecule has 0 atom stereocenters. The Morgan fingerprint density at radius 1 is 1.27 bits per heavy atom. The number of hydrogen-bond acceptors (Lipinski definition) is 1. The van der Waals surface area contributed by atoms with Gasteiger partial charge in [-0.15, -0.1) is 0 Å². The highest BCUT2D eigenvalue weighted by Crippen LogP contribution is 2.30. The molecule has 0 heterocycles. The zero-order valence-corrected chi connectivity index (χ0v) is 9.70. The highest BCUT2D eigenvalue weighted by Gasteiger charge is 2.18. The monoisotopic (exact) mass is 204 g/mol. The lowest BCUT2D eigenvalue weighted by Crippen LogP contribution is -2.19. The third kappa shape index (κ3) is 2.53. The standard InChI is InChI=1S/C14H20O/c1-11(2)13-8-3-4-9-14(13)15-10-12-6-5-7-12/h3-4,8-9,11-12H,5-7,10H2,1-2H3. The molecule has 2 rings (SSSR count). The van der Waals surface area contributed by atoms with Gasteiger partial charge in [-0.2, -0.15) is 0 Å². The van der Waals surface area contributed by atoms with Crippen molar-refractivity contribution in [1.82, 2.24) is 0 Å². The first-order valence-corrected chi connectivity index (χ1v) is 5.99. The SMILES string of the molecule is CC(C)c1ccccc1OCC1CCC1. The Labute approximate surface area is 92.5 Å². The van der Waals surface area contributed by atoms with Crippen LogP contribution in [0.3, 0.4) is 0 Å². The fourth-order valence-electron chi connectivity index (χ4n) is 1.96. The van der Waals surface area contributed by atoms with E-state index in [1.54, 1.807) is 0 Å². The van der Waals surface area contributed by atoms with Crippen LogP contribution < -0.4 is 4.74 Å². The third-order valence-corrected chi connectivity index (χ3v) is 3.24. The molecule has 15 heavy (non-hydrogen) atoms. The van der Waals surface area contributed by atoms with Crippen LogP contribution in [0, 0.1) is 5.92 Å². The van der Waals surface area contributed by atoms with E-state index in [1.807, 2.05) is 0 Å². The summed E-state index contributed by atoms with van der Waals surface area (Å²) < 4.78 is 5.90. The van der Waals surface area contributed by atoms with Gasteiger partial charge in [0.05, 0.1) is 6.61 Å². The zero-order valence-electron chi connectivity index (χ0n) is 9.70. The van der Waals surface area contributed by atoms with Crippen molar-refractivity contribution in [2.45, 2.75) is 39.0 Å². The quantitative estimate of drug-likeness (QED) is 0.720. The molecule has 1 nitrogen and oxygen atoms in total. The number of hydrogen-bond donors (Lipinski definition) is 0. The van der Waals surface area contributed by atoms with Crippen LogP contribution in [0.15, 0.2) is 24.3 Å². The molecule has 82 valence electrons. The van der Waals surface area contributed by atoms with Gasteiger partial charge in [0.1, 0.15) is 5.75 Å². The van der Waals surface area contributed by atoms with Gasteiger partial charge in [0, 0.05) is 0 Å². The fourth-order valence-corrected chi connectivity index (χ4v) is 1.96. The maximum Gasteiger partial charge on any atom is 0.122 e. The maximum atomic E-state index is 5.90. The van der Waals surface area contributed by atoms with Crippen LogP contribution in [0.1, 0.15) is 44.6 Å². The summed E-state index contributed by atoms with van der Waals surface area (Å²) in [6.07, 6.45) is 4.09. The van der Waals surface area contributed by atoms with Crippen LogP contribution in [0.5, 0.6) is 5.75 Å². The molecular formula is C14H20O. The molecule has 1 fully saturated rings. The van der Waals surface area contributed by atoms with E-state index in [9.17, 15) is 0 Å². The van der Waals surface area contributed by atoms with Crippen molar-refractivity contribution in [2.75, 3.05) is 6.61 Å². The fraction of sp³-hybridized carbons (Fsp3) is 0.571. The Morgan fingerprint density at radius 2 is 2.00 bits per heavy atom. The van der Waals surface area contributed by atoms with Crippen LogP contribution in [-0.4, -0.2) is 6.61 Å². The molecule has 1 aliphatic rings. The van der Waals surface area contributed by atoms with Crippen molar-refractivity contribution in [3.8, 4) is 5.75 Å². The van der Waals surface area contributed by atoms with Gasteiger partial charge in [-0.1, -0.05) is 38.5 Å². The Balaban J connectivity index is 1.99. The number of benzene rings is 1. The van der Waals surface area contributed by atoms with Gasteiger partial charge < -0.3 is 4.74 Å². The Kier molecular flexibility index (Phi) is 3.30. The van der Waals surface area contributed by atoms with Crippen LogP contribution in [0.4, 0.5) is 0 Å². The lowest BCUT2D eigenvalue weighted by Gasteiger charge is -2.26. The topological polar surface area (TPSA) is 9.23 Å². The lowest BCUT2D eigenvalue weighted by atomic mass is 9.86. The first-order chi connectivity index (χ1) is 7.27. The molecule has 0 aromatic heterocycles. The Morgan fingerprint density at radius 3 is 2.60 bits per heavy atom. The van der Waals surface area contributed by atoms with E-state index in [1.165, 1.54) is 24.8 Å². The molecule has 0 unspecified atom stereocenters. The second-order valence-corrected chi connectivity index (χ2v) is 4.80. The highest BCUT2D eigenvalue weighted by molar-refractivity contribution is 5.35. The predicted octanol–water partition coefficient (Wildman–Crippen LogP) is 3.99. The molecule has 1 heteroatoms. The van der Waals surface area contributed by atoms with Crippen molar-refractivity contribution >= 4 is 0 Å². The van der Waals surface area contributed by atoms with Gasteiger partial charge in [0.2, 0.25) is 0 Å². The smallest absolute Gasteiger partial charge is 0.122 e. The Hall–Kier alpha value is -0.980. The maximum absolute atomic E-state index is 5.90. The molecule has 0 bridgehead atoms. The third-order valence-electron chi connectivity index (χ3n) is 3.24. The van der Waals surface area contributed by atoms with Gasteiger partial charge >= 0.3 is 0 Å². The van der Waals surface area contributed by atoms with Crippen molar-refractivity contribution < 1.29 is 4.74 Å². The summed E-state index contributed by atoms with van der Waals surface area (Å²) in [7, 11) is 0. The second-order valence-electron chi connectivity index (χ2n) is 4.80. The molecule has 0 N–H and O–H groups in total. The van der Waals surface area contributed by atoms with Crippen LogP contribution in [0.2, 0.25) is 0 Å². The van der Waals surface area contributed by atoms with Gasteiger partial charge in [-0.3, -0.25) is 0 Å². The lowest BCUT2D eigenvalue weighted by molar-refractivity contribution is 0.179. The van der Waals surface area contributed by atoms with E-state index < -0.39 is 0 Å². The number of para-hydroxylation sites is 1. The molecule has 1 saturated carbocycles. The first kappa shape index (κ1) is 10.5. The molecule has 1 aromatic rings. The summed E-state index contributed by atoms with van der Waals surface area (Å²) >= 11 is 0. The van der Waals surface area contributed by atoms with E-state index in [4.69, 9.17) is 4.74 Å². The summed E-state index contributed by atoms with van der Waals surface area (Å²) in [5.74, 6) is 2.44. The molecule has 0 radical (unpaired) electrons. The summed E-state index contributed by atoms with van der Waals surface area (Å²) in [5.41, 5.74) is 1.33. The van der Waals surface area contributed by atoms with E-state index in [-0.39, 0.29) is 0 Å². The second kappa shape index (κ2) is 4.69.